The summed E-state index contributed by atoms with van der Waals surface area (Å²) in [6, 6.07) is 13.4. The van der Waals surface area contributed by atoms with Gasteiger partial charge in [0.15, 0.2) is 4.34 Å². The maximum Gasteiger partial charge on any atom is 0.206 e. The number of anilines is 1. The Bertz CT molecular complexity index is 686. The number of benzene rings is 1. The first-order chi connectivity index (χ1) is 10.8. The first-order valence-electron chi connectivity index (χ1n) is 6.77. The number of aromatic nitrogens is 2. The molecule has 0 radical (unpaired) electrons. The standard InChI is InChI=1S/C15H15N3O2S2/c19-13(11-5-2-1-3-6-11)10-21-15-18-17-14(22-15)16-9-12-7-4-8-20-12/h1-8,13,19H,9-10H2,(H,16,17). The van der Waals surface area contributed by atoms with Gasteiger partial charge in [-0.3, -0.25) is 0 Å². The van der Waals surface area contributed by atoms with Gasteiger partial charge in [-0.2, -0.15) is 0 Å². The summed E-state index contributed by atoms with van der Waals surface area (Å²) >= 11 is 2.97. The van der Waals surface area contributed by atoms with Crippen LogP contribution < -0.4 is 5.32 Å². The van der Waals surface area contributed by atoms with E-state index in [-0.39, 0.29) is 0 Å². The van der Waals surface area contributed by atoms with E-state index < -0.39 is 6.10 Å². The van der Waals surface area contributed by atoms with Gasteiger partial charge in [-0.15, -0.1) is 10.2 Å². The Morgan fingerprint density at radius 3 is 2.82 bits per heavy atom. The quantitative estimate of drug-likeness (QED) is 0.644. The molecular weight excluding hydrogens is 318 g/mol. The topological polar surface area (TPSA) is 71.2 Å². The lowest BCUT2D eigenvalue weighted by molar-refractivity contribution is 0.204. The number of nitrogens with one attached hydrogen (secondary N) is 1. The molecule has 0 aliphatic heterocycles. The first kappa shape index (κ1) is 15.1. The monoisotopic (exact) mass is 333 g/mol. The molecule has 0 aliphatic rings. The largest absolute Gasteiger partial charge is 0.467 e. The number of furan rings is 1. The lowest BCUT2D eigenvalue weighted by atomic mass is 10.1. The van der Waals surface area contributed by atoms with Crippen molar-refractivity contribution in [2.45, 2.75) is 17.0 Å². The van der Waals surface area contributed by atoms with Crippen molar-refractivity contribution in [1.29, 1.82) is 0 Å². The fraction of sp³-hybridized carbons (Fsp3) is 0.200. The number of aliphatic hydroxyl groups excluding tert-OH is 1. The van der Waals surface area contributed by atoms with E-state index in [4.69, 9.17) is 4.42 Å². The highest BCUT2D eigenvalue weighted by Gasteiger charge is 2.10. The smallest absolute Gasteiger partial charge is 0.206 e. The highest BCUT2D eigenvalue weighted by atomic mass is 32.2. The van der Waals surface area contributed by atoms with Gasteiger partial charge in [0.2, 0.25) is 5.13 Å². The molecule has 2 N–H and O–H groups in total. The van der Waals surface area contributed by atoms with Crippen LogP contribution in [-0.4, -0.2) is 21.1 Å². The van der Waals surface area contributed by atoms with E-state index in [1.54, 1.807) is 6.26 Å². The van der Waals surface area contributed by atoms with Crippen molar-refractivity contribution < 1.29 is 9.52 Å². The lowest BCUT2D eigenvalue weighted by Gasteiger charge is -2.08. The second-order valence-corrected chi connectivity index (χ2v) is 6.79. The Morgan fingerprint density at radius 1 is 1.18 bits per heavy atom. The van der Waals surface area contributed by atoms with Crippen LogP contribution in [-0.2, 0) is 6.54 Å². The summed E-state index contributed by atoms with van der Waals surface area (Å²) in [5.41, 5.74) is 0.913. The fourth-order valence-corrected chi connectivity index (χ4v) is 3.58. The maximum absolute atomic E-state index is 10.1. The van der Waals surface area contributed by atoms with Gasteiger partial charge >= 0.3 is 0 Å². The number of hydrogen-bond donors (Lipinski definition) is 2. The van der Waals surface area contributed by atoms with Crippen LogP contribution in [0.1, 0.15) is 17.4 Å². The molecule has 2 heterocycles. The van der Waals surface area contributed by atoms with Crippen molar-refractivity contribution in [3.05, 3.63) is 60.1 Å². The van der Waals surface area contributed by atoms with Crippen LogP contribution in [0, 0.1) is 0 Å². The Labute approximate surface area is 136 Å². The molecule has 0 bridgehead atoms. The number of aliphatic hydroxyl groups is 1. The van der Waals surface area contributed by atoms with Gasteiger partial charge in [0.1, 0.15) is 5.76 Å². The molecule has 0 spiro atoms. The van der Waals surface area contributed by atoms with Crippen molar-refractivity contribution >= 4 is 28.2 Å². The second-order valence-electron chi connectivity index (χ2n) is 4.54. The zero-order chi connectivity index (χ0) is 15.2. The van der Waals surface area contributed by atoms with Gasteiger partial charge in [0, 0.05) is 5.75 Å². The number of hydrogen-bond acceptors (Lipinski definition) is 7. The van der Waals surface area contributed by atoms with Crippen LogP contribution in [0.2, 0.25) is 0 Å². The molecule has 22 heavy (non-hydrogen) atoms. The van der Waals surface area contributed by atoms with E-state index in [9.17, 15) is 5.11 Å². The maximum atomic E-state index is 10.1. The zero-order valence-corrected chi connectivity index (χ0v) is 13.3. The molecule has 5 nitrogen and oxygen atoms in total. The van der Waals surface area contributed by atoms with Crippen LogP contribution in [0.3, 0.4) is 0 Å². The summed E-state index contributed by atoms with van der Waals surface area (Å²) in [6.45, 7) is 0.582. The summed E-state index contributed by atoms with van der Waals surface area (Å²) in [5, 5.41) is 22.2. The van der Waals surface area contributed by atoms with Gasteiger partial charge in [-0.25, -0.2) is 0 Å². The van der Waals surface area contributed by atoms with E-state index in [0.717, 1.165) is 20.8 Å². The van der Waals surface area contributed by atoms with E-state index in [1.165, 1.54) is 23.1 Å². The minimum atomic E-state index is -0.505. The normalized spacial score (nSPS) is 12.2. The molecular formula is C15H15N3O2S2. The molecule has 0 amide bonds. The third-order valence-electron chi connectivity index (χ3n) is 2.95. The molecule has 0 aliphatic carbocycles. The average Bonchev–Trinajstić information content (AvgIpc) is 3.23. The molecule has 1 atom stereocenters. The Kier molecular flexibility index (Phi) is 5.10. The average molecular weight is 333 g/mol. The minimum Gasteiger partial charge on any atom is -0.467 e. The summed E-state index contributed by atoms with van der Waals surface area (Å²) in [5.74, 6) is 1.40. The summed E-state index contributed by atoms with van der Waals surface area (Å²) in [7, 11) is 0. The second kappa shape index (κ2) is 7.44. The van der Waals surface area contributed by atoms with Crippen molar-refractivity contribution in [2.24, 2.45) is 0 Å². The molecule has 7 heteroatoms. The lowest BCUT2D eigenvalue weighted by Crippen LogP contribution is -1.99. The van der Waals surface area contributed by atoms with Crippen LogP contribution >= 0.6 is 23.1 Å². The van der Waals surface area contributed by atoms with E-state index in [0.29, 0.717) is 12.3 Å². The SMILES string of the molecule is OC(CSc1nnc(NCc2ccco2)s1)c1ccccc1. The van der Waals surface area contributed by atoms with Gasteiger partial charge < -0.3 is 14.8 Å². The van der Waals surface area contributed by atoms with Crippen molar-refractivity contribution in [2.75, 3.05) is 11.1 Å². The van der Waals surface area contributed by atoms with Gasteiger partial charge in [-0.05, 0) is 17.7 Å². The third-order valence-corrected chi connectivity index (χ3v) is 5.04. The van der Waals surface area contributed by atoms with Gasteiger partial charge in [-0.1, -0.05) is 53.4 Å². The number of nitrogens with zero attached hydrogens (tertiary/aromatic N) is 2. The molecule has 3 rings (SSSR count). The van der Waals surface area contributed by atoms with Gasteiger partial charge in [0.05, 0.1) is 18.9 Å². The van der Waals surface area contributed by atoms with Crippen LogP contribution in [0.5, 0.6) is 0 Å². The highest BCUT2D eigenvalue weighted by Crippen LogP contribution is 2.29. The molecule has 1 unspecified atom stereocenters. The van der Waals surface area contributed by atoms with E-state index >= 15 is 0 Å². The molecule has 0 saturated carbocycles. The fourth-order valence-electron chi connectivity index (χ4n) is 1.84. The molecule has 114 valence electrons. The predicted molar refractivity (Wildman–Crippen MR) is 88.1 cm³/mol. The zero-order valence-electron chi connectivity index (χ0n) is 11.7. The van der Waals surface area contributed by atoms with Gasteiger partial charge in [0.25, 0.3) is 0 Å². The molecule has 3 aromatic rings. The Balaban J connectivity index is 1.49. The van der Waals surface area contributed by atoms with Crippen LogP contribution in [0.15, 0.2) is 57.5 Å². The van der Waals surface area contributed by atoms with Crippen molar-refractivity contribution in [3.8, 4) is 0 Å². The highest BCUT2D eigenvalue weighted by molar-refractivity contribution is 8.01. The van der Waals surface area contributed by atoms with E-state index in [1.807, 2.05) is 42.5 Å². The van der Waals surface area contributed by atoms with Crippen molar-refractivity contribution in [3.63, 3.8) is 0 Å². The number of thioether (sulfide) groups is 1. The first-order valence-corrected chi connectivity index (χ1v) is 8.57. The molecule has 0 saturated heterocycles. The summed E-state index contributed by atoms with van der Waals surface area (Å²) in [4.78, 5) is 0. The molecule has 0 fully saturated rings. The Hall–Kier alpha value is -1.83. The van der Waals surface area contributed by atoms with Crippen LogP contribution in [0.25, 0.3) is 0 Å². The van der Waals surface area contributed by atoms with E-state index in [2.05, 4.69) is 15.5 Å². The van der Waals surface area contributed by atoms with Crippen molar-refractivity contribution in [1.82, 2.24) is 10.2 Å². The summed E-state index contributed by atoms with van der Waals surface area (Å²) in [6.07, 6.45) is 1.14. The van der Waals surface area contributed by atoms with Crippen LogP contribution in [0.4, 0.5) is 5.13 Å². The molecule has 2 aromatic heterocycles. The molecule has 1 aromatic carbocycles. The number of rotatable bonds is 7. The minimum absolute atomic E-state index is 0.505. The summed E-state index contributed by atoms with van der Waals surface area (Å²) < 4.78 is 6.08. The third kappa shape index (κ3) is 4.09. The predicted octanol–water partition coefficient (Wildman–Crippen LogP) is 3.57. The Morgan fingerprint density at radius 2 is 2.05 bits per heavy atom.